The number of furan rings is 2. The van der Waals surface area contributed by atoms with E-state index in [0.29, 0.717) is 16.9 Å². The molecular formula is C15H15BrN2O5. The smallest absolute Gasteiger partial charge is 0.291 e. The third-order valence-electron chi connectivity index (χ3n) is 2.74. The number of halogens is 1. The highest BCUT2D eigenvalue weighted by Crippen LogP contribution is 2.14. The molecule has 2 heterocycles. The largest absolute Gasteiger partial charge is 0.465 e. The zero-order valence-electron chi connectivity index (χ0n) is 12.0. The lowest BCUT2D eigenvalue weighted by atomic mass is 10.3. The molecule has 0 radical (unpaired) electrons. The summed E-state index contributed by atoms with van der Waals surface area (Å²) in [4.78, 5) is 24.3. The maximum Gasteiger partial charge on any atom is 0.291 e. The van der Waals surface area contributed by atoms with Crippen molar-refractivity contribution in [3.05, 3.63) is 52.4 Å². The van der Waals surface area contributed by atoms with Gasteiger partial charge in [0.2, 0.25) is 0 Å². The minimum absolute atomic E-state index is 0.00964. The fourth-order valence-corrected chi connectivity index (χ4v) is 1.98. The standard InChI is InChI=1S/C15H15BrN2O5/c16-13-5-4-12(23-13)15(21)18-11(9-10-3-1-8-22-10)14(20)17-6-2-7-19/h1,3-5,8-9,19H,2,6-7H2,(H,17,20)(H,18,21). The van der Waals surface area contributed by atoms with Gasteiger partial charge in [-0.15, -0.1) is 0 Å². The Labute approximate surface area is 140 Å². The molecule has 3 N–H and O–H groups in total. The van der Waals surface area contributed by atoms with E-state index in [9.17, 15) is 9.59 Å². The third kappa shape index (κ3) is 5.11. The third-order valence-corrected chi connectivity index (χ3v) is 3.17. The van der Waals surface area contributed by atoms with Crippen molar-refractivity contribution < 1.29 is 23.5 Å². The van der Waals surface area contributed by atoms with Gasteiger partial charge in [0.15, 0.2) is 10.4 Å². The van der Waals surface area contributed by atoms with Crippen molar-refractivity contribution in [2.75, 3.05) is 13.2 Å². The quantitative estimate of drug-likeness (QED) is 0.501. The van der Waals surface area contributed by atoms with Crippen LogP contribution in [0.15, 0.2) is 49.7 Å². The van der Waals surface area contributed by atoms with Crippen molar-refractivity contribution in [1.29, 1.82) is 0 Å². The predicted molar refractivity (Wildman–Crippen MR) is 85.3 cm³/mol. The highest BCUT2D eigenvalue weighted by atomic mass is 79.9. The number of carbonyl (C=O) groups excluding carboxylic acids is 2. The van der Waals surface area contributed by atoms with E-state index in [-0.39, 0.29) is 24.6 Å². The van der Waals surface area contributed by atoms with Crippen molar-refractivity contribution >= 4 is 33.8 Å². The van der Waals surface area contributed by atoms with Crippen LogP contribution in [-0.4, -0.2) is 30.1 Å². The second-order valence-electron chi connectivity index (χ2n) is 4.46. The lowest BCUT2D eigenvalue weighted by molar-refractivity contribution is -0.117. The summed E-state index contributed by atoms with van der Waals surface area (Å²) in [7, 11) is 0. The van der Waals surface area contributed by atoms with Crippen molar-refractivity contribution in [2.45, 2.75) is 6.42 Å². The average molecular weight is 383 g/mol. The predicted octanol–water partition coefficient (Wildman–Crippen LogP) is 1.90. The second-order valence-corrected chi connectivity index (χ2v) is 5.25. The lowest BCUT2D eigenvalue weighted by Gasteiger charge is -2.09. The van der Waals surface area contributed by atoms with Gasteiger partial charge in [0.1, 0.15) is 11.5 Å². The van der Waals surface area contributed by atoms with Gasteiger partial charge in [-0.25, -0.2) is 0 Å². The maximum absolute atomic E-state index is 12.2. The molecule has 2 amide bonds. The highest BCUT2D eigenvalue weighted by molar-refractivity contribution is 9.10. The van der Waals surface area contributed by atoms with Gasteiger partial charge in [-0.05, 0) is 46.6 Å². The number of hydrogen-bond acceptors (Lipinski definition) is 5. The van der Waals surface area contributed by atoms with Gasteiger partial charge in [0.05, 0.1) is 6.26 Å². The molecule has 7 nitrogen and oxygen atoms in total. The molecule has 122 valence electrons. The van der Waals surface area contributed by atoms with E-state index in [1.54, 1.807) is 18.2 Å². The molecule has 0 aliphatic rings. The Morgan fingerprint density at radius 1 is 1.30 bits per heavy atom. The number of aliphatic hydroxyl groups is 1. The molecule has 0 aromatic carbocycles. The van der Waals surface area contributed by atoms with E-state index in [1.807, 2.05) is 0 Å². The van der Waals surface area contributed by atoms with E-state index in [2.05, 4.69) is 26.6 Å². The normalized spacial score (nSPS) is 11.3. The molecule has 0 unspecified atom stereocenters. The highest BCUT2D eigenvalue weighted by Gasteiger charge is 2.17. The first-order valence-electron chi connectivity index (χ1n) is 6.81. The Kier molecular flexibility index (Phi) is 6.19. The zero-order valence-corrected chi connectivity index (χ0v) is 13.6. The van der Waals surface area contributed by atoms with Crippen molar-refractivity contribution in [3.8, 4) is 0 Å². The van der Waals surface area contributed by atoms with Gasteiger partial charge in [-0.2, -0.15) is 0 Å². The first-order valence-corrected chi connectivity index (χ1v) is 7.60. The molecule has 23 heavy (non-hydrogen) atoms. The van der Waals surface area contributed by atoms with Crippen LogP contribution in [0.4, 0.5) is 0 Å². The number of hydrogen-bond donors (Lipinski definition) is 3. The lowest BCUT2D eigenvalue weighted by Crippen LogP contribution is -2.35. The molecule has 0 aliphatic carbocycles. The Hall–Kier alpha value is -2.32. The molecule has 2 aromatic rings. The van der Waals surface area contributed by atoms with Crippen LogP contribution < -0.4 is 10.6 Å². The number of amides is 2. The van der Waals surface area contributed by atoms with E-state index in [4.69, 9.17) is 13.9 Å². The van der Waals surface area contributed by atoms with E-state index < -0.39 is 11.8 Å². The molecular weight excluding hydrogens is 368 g/mol. The van der Waals surface area contributed by atoms with Crippen LogP contribution in [0.3, 0.4) is 0 Å². The number of aliphatic hydroxyl groups excluding tert-OH is 1. The molecule has 0 bridgehead atoms. The maximum atomic E-state index is 12.2. The summed E-state index contributed by atoms with van der Waals surface area (Å²) in [5.74, 6) is -0.580. The fraction of sp³-hybridized carbons (Fsp3) is 0.200. The van der Waals surface area contributed by atoms with Gasteiger partial charge in [0, 0.05) is 19.2 Å². The van der Waals surface area contributed by atoms with Crippen LogP contribution in [0.25, 0.3) is 6.08 Å². The number of rotatable bonds is 7. The van der Waals surface area contributed by atoms with Crippen molar-refractivity contribution in [3.63, 3.8) is 0 Å². The molecule has 0 fully saturated rings. The van der Waals surface area contributed by atoms with Gasteiger partial charge < -0.3 is 24.6 Å². The molecule has 0 saturated heterocycles. The summed E-state index contributed by atoms with van der Waals surface area (Å²) in [6.45, 7) is 0.247. The average Bonchev–Trinajstić information content (AvgIpc) is 3.18. The fourth-order valence-electron chi connectivity index (χ4n) is 1.67. The van der Waals surface area contributed by atoms with E-state index in [1.165, 1.54) is 18.4 Å². The molecule has 0 spiro atoms. The van der Waals surface area contributed by atoms with Crippen LogP contribution in [0.1, 0.15) is 22.7 Å². The SMILES string of the molecule is O=C(NCCCO)C(=Cc1ccco1)NC(=O)c1ccc(Br)o1. The summed E-state index contributed by atoms with van der Waals surface area (Å²) < 4.78 is 10.7. The van der Waals surface area contributed by atoms with Crippen molar-refractivity contribution in [2.24, 2.45) is 0 Å². The molecule has 0 saturated carbocycles. The Balaban J connectivity index is 2.13. The van der Waals surface area contributed by atoms with Crippen LogP contribution in [-0.2, 0) is 4.79 Å². The monoisotopic (exact) mass is 382 g/mol. The number of carbonyl (C=O) groups is 2. The molecule has 0 aliphatic heterocycles. The molecule has 0 atom stereocenters. The van der Waals surface area contributed by atoms with E-state index in [0.717, 1.165) is 0 Å². The molecule has 2 rings (SSSR count). The number of nitrogens with one attached hydrogen (secondary N) is 2. The minimum atomic E-state index is -0.564. The van der Waals surface area contributed by atoms with Gasteiger partial charge in [-0.3, -0.25) is 9.59 Å². The topological polar surface area (TPSA) is 105 Å². The zero-order chi connectivity index (χ0) is 16.7. The van der Waals surface area contributed by atoms with Crippen LogP contribution in [0.5, 0.6) is 0 Å². The van der Waals surface area contributed by atoms with Crippen LogP contribution >= 0.6 is 15.9 Å². The van der Waals surface area contributed by atoms with Crippen LogP contribution in [0.2, 0.25) is 0 Å². The first kappa shape index (κ1) is 17.0. The summed E-state index contributed by atoms with van der Waals surface area (Å²) in [6, 6.07) is 6.37. The molecule has 8 heteroatoms. The Morgan fingerprint density at radius 2 is 2.13 bits per heavy atom. The molecule has 2 aromatic heterocycles. The Morgan fingerprint density at radius 3 is 2.74 bits per heavy atom. The van der Waals surface area contributed by atoms with Gasteiger partial charge in [0.25, 0.3) is 11.8 Å². The van der Waals surface area contributed by atoms with Gasteiger partial charge >= 0.3 is 0 Å². The summed E-state index contributed by atoms with van der Waals surface area (Å²) >= 11 is 3.11. The second kappa shape index (κ2) is 8.35. The Bertz CT molecular complexity index is 691. The minimum Gasteiger partial charge on any atom is -0.465 e. The summed E-state index contributed by atoms with van der Waals surface area (Å²) in [5, 5.41) is 13.8. The van der Waals surface area contributed by atoms with Crippen LogP contribution in [0, 0.1) is 0 Å². The van der Waals surface area contributed by atoms with Crippen molar-refractivity contribution in [1.82, 2.24) is 10.6 Å². The van der Waals surface area contributed by atoms with E-state index >= 15 is 0 Å². The first-order chi connectivity index (χ1) is 11.1. The summed E-state index contributed by atoms with van der Waals surface area (Å²) in [5.41, 5.74) is 0.00964. The van der Waals surface area contributed by atoms with Gasteiger partial charge in [-0.1, -0.05) is 0 Å². The summed E-state index contributed by atoms with van der Waals surface area (Å²) in [6.07, 6.45) is 3.28.